The van der Waals surface area contributed by atoms with Crippen molar-refractivity contribution in [2.75, 3.05) is 24.6 Å². The molecule has 2 aromatic heterocycles. The van der Waals surface area contributed by atoms with Crippen LogP contribution in [0.15, 0.2) is 22.9 Å². The SMILES string of the molecule is C[C@H]1CN(c2ccc3ncc(Br)n3n2)CCO1. The van der Waals surface area contributed by atoms with Gasteiger partial charge in [-0.2, -0.15) is 0 Å². The monoisotopic (exact) mass is 296 g/mol. The first-order valence-electron chi connectivity index (χ1n) is 5.61. The molecule has 17 heavy (non-hydrogen) atoms. The number of anilines is 1. The Balaban J connectivity index is 1.96. The summed E-state index contributed by atoms with van der Waals surface area (Å²) in [7, 11) is 0. The largest absolute Gasteiger partial charge is 0.375 e. The molecule has 0 amide bonds. The first-order valence-corrected chi connectivity index (χ1v) is 6.40. The van der Waals surface area contributed by atoms with Crippen LogP contribution in [0.25, 0.3) is 5.65 Å². The van der Waals surface area contributed by atoms with Crippen LogP contribution >= 0.6 is 15.9 Å². The minimum atomic E-state index is 0.257. The van der Waals surface area contributed by atoms with Gasteiger partial charge in [0, 0.05) is 13.1 Å². The standard InChI is InChI=1S/C11H13BrN4O/c1-8-7-15(4-5-17-8)11-3-2-10-13-6-9(12)16(10)14-11/h2-3,6,8H,4-5,7H2,1H3/t8-/m0/s1. The third kappa shape index (κ3) is 2.02. The molecule has 0 saturated carbocycles. The average molecular weight is 297 g/mol. The molecule has 0 unspecified atom stereocenters. The molecule has 0 spiro atoms. The predicted octanol–water partition coefficient (Wildman–Crippen LogP) is 1.72. The highest BCUT2D eigenvalue weighted by Crippen LogP contribution is 2.18. The van der Waals surface area contributed by atoms with Crippen molar-refractivity contribution in [3.8, 4) is 0 Å². The molecule has 3 rings (SSSR count). The lowest BCUT2D eigenvalue weighted by molar-refractivity contribution is 0.0528. The third-order valence-electron chi connectivity index (χ3n) is 2.87. The summed E-state index contributed by atoms with van der Waals surface area (Å²) >= 11 is 3.43. The minimum Gasteiger partial charge on any atom is -0.375 e. The van der Waals surface area contributed by atoms with Crippen molar-refractivity contribution in [2.45, 2.75) is 13.0 Å². The Bertz CT molecular complexity index is 541. The number of nitrogens with zero attached hydrogens (tertiary/aromatic N) is 4. The van der Waals surface area contributed by atoms with Crippen molar-refractivity contribution >= 4 is 27.4 Å². The van der Waals surface area contributed by atoms with E-state index in [0.29, 0.717) is 0 Å². The van der Waals surface area contributed by atoms with Crippen molar-refractivity contribution in [2.24, 2.45) is 0 Å². The van der Waals surface area contributed by atoms with Crippen LogP contribution in [-0.4, -0.2) is 40.4 Å². The number of aromatic nitrogens is 3. The van der Waals surface area contributed by atoms with E-state index in [2.05, 4.69) is 37.8 Å². The third-order valence-corrected chi connectivity index (χ3v) is 3.41. The van der Waals surface area contributed by atoms with E-state index < -0.39 is 0 Å². The van der Waals surface area contributed by atoms with Gasteiger partial charge in [-0.05, 0) is 35.0 Å². The molecule has 90 valence electrons. The molecule has 0 radical (unpaired) electrons. The first-order chi connectivity index (χ1) is 8.24. The maximum Gasteiger partial charge on any atom is 0.154 e. The molecule has 1 saturated heterocycles. The zero-order valence-electron chi connectivity index (χ0n) is 9.51. The summed E-state index contributed by atoms with van der Waals surface area (Å²) < 4.78 is 8.20. The van der Waals surface area contributed by atoms with Gasteiger partial charge in [0.2, 0.25) is 0 Å². The van der Waals surface area contributed by atoms with Crippen LogP contribution in [0.2, 0.25) is 0 Å². The van der Waals surface area contributed by atoms with Crippen LogP contribution in [0.4, 0.5) is 5.82 Å². The van der Waals surface area contributed by atoms with E-state index >= 15 is 0 Å². The lowest BCUT2D eigenvalue weighted by Gasteiger charge is -2.31. The maximum absolute atomic E-state index is 5.53. The van der Waals surface area contributed by atoms with Gasteiger partial charge in [0.1, 0.15) is 10.4 Å². The molecule has 0 aromatic carbocycles. The predicted molar refractivity (Wildman–Crippen MR) is 68.3 cm³/mol. The molecule has 0 bridgehead atoms. The van der Waals surface area contributed by atoms with E-state index in [9.17, 15) is 0 Å². The molecule has 1 atom stereocenters. The number of hydrogen-bond acceptors (Lipinski definition) is 4. The van der Waals surface area contributed by atoms with Gasteiger partial charge in [0.25, 0.3) is 0 Å². The Labute approximate surface area is 108 Å². The number of imidazole rings is 1. The van der Waals surface area contributed by atoms with Crippen molar-refractivity contribution in [3.05, 3.63) is 22.9 Å². The van der Waals surface area contributed by atoms with Gasteiger partial charge in [-0.1, -0.05) is 0 Å². The van der Waals surface area contributed by atoms with E-state index in [4.69, 9.17) is 4.74 Å². The molecule has 1 aliphatic rings. The second kappa shape index (κ2) is 4.27. The summed E-state index contributed by atoms with van der Waals surface area (Å²) in [5.74, 6) is 0.964. The number of fused-ring (bicyclic) bond motifs is 1. The van der Waals surface area contributed by atoms with Crippen LogP contribution in [0, 0.1) is 0 Å². The highest BCUT2D eigenvalue weighted by molar-refractivity contribution is 9.10. The normalized spacial score (nSPS) is 21.1. The molecule has 1 fully saturated rings. The van der Waals surface area contributed by atoms with Crippen LogP contribution in [-0.2, 0) is 4.74 Å². The Morgan fingerprint density at radius 3 is 3.18 bits per heavy atom. The van der Waals surface area contributed by atoms with Crippen LogP contribution in [0.3, 0.4) is 0 Å². The minimum absolute atomic E-state index is 0.257. The summed E-state index contributed by atoms with van der Waals surface area (Å²) in [6.07, 6.45) is 2.01. The first kappa shape index (κ1) is 11.0. The summed E-state index contributed by atoms with van der Waals surface area (Å²) in [5.41, 5.74) is 0.849. The summed E-state index contributed by atoms with van der Waals surface area (Å²) in [5, 5.41) is 4.57. The second-order valence-corrected chi connectivity index (χ2v) is 4.98. The molecule has 2 aromatic rings. The van der Waals surface area contributed by atoms with Gasteiger partial charge in [-0.3, -0.25) is 0 Å². The van der Waals surface area contributed by atoms with E-state index in [1.165, 1.54) is 0 Å². The molecule has 6 heteroatoms. The summed E-state index contributed by atoms with van der Waals surface area (Å²) in [4.78, 5) is 6.47. The topological polar surface area (TPSA) is 42.7 Å². The Morgan fingerprint density at radius 1 is 1.47 bits per heavy atom. The van der Waals surface area contributed by atoms with Crippen LogP contribution in [0.1, 0.15) is 6.92 Å². The number of rotatable bonds is 1. The molecular formula is C11H13BrN4O. The lowest BCUT2D eigenvalue weighted by Crippen LogP contribution is -2.41. The van der Waals surface area contributed by atoms with E-state index in [0.717, 1.165) is 35.8 Å². The van der Waals surface area contributed by atoms with Crippen molar-refractivity contribution in [1.82, 2.24) is 14.6 Å². The summed E-state index contributed by atoms with van der Waals surface area (Å²) in [6.45, 7) is 4.60. The molecular weight excluding hydrogens is 284 g/mol. The van der Waals surface area contributed by atoms with Gasteiger partial charge in [0.05, 0.1) is 18.9 Å². The molecule has 1 aliphatic heterocycles. The molecule has 3 heterocycles. The number of halogens is 1. The Morgan fingerprint density at radius 2 is 2.35 bits per heavy atom. The van der Waals surface area contributed by atoms with Gasteiger partial charge in [0.15, 0.2) is 5.65 Å². The highest BCUT2D eigenvalue weighted by atomic mass is 79.9. The van der Waals surface area contributed by atoms with Crippen molar-refractivity contribution in [1.29, 1.82) is 0 Å². The van der Waals surface area contributed by atoms with Crippen molar-refractivity contribution < 1.29 is 4.74 Å². The van der Waals surface area contributed by atoms with Gasteiger partial charge >= 0.3 is 0 Å². The van der Waals surface area contributed by atoms with Crippen molar-refractivity contribution in [3.63, 3.8) is 0 Å². The fraction of sp³-hybridized carbons (Fsp3) is 0.455. The molecule has 5 nitrogen and oxygen atoms in total. The van der Waals surface area contributed by atoms with E-state index in [1.807, 2.05) is 12.1 Å². The zero-order valence-corrected chi connectivity index (χ0v) is 11.1. The molecule has 0 aliphatic carbocycles. The summed E-state index contributed by atoms with van der Waals surface area (Å²) in [6, 6.07) is 3.99. The fourth-order valence-electron chi connectivity index (χ4n) is 2.03. The maximum atomic E-state index is 5.53. The zero-order chi connectivity index (χ0) is 11.8. The smallest absolute Gasteiger partial charge is 0.154 e. The second-order valence-electron chi connectivity index (χ2n) is 4.17. The van der Waals surface area contributed by atoms with Gasteiger partial charge in [-0.25, -0.2) is 9.50 Å². The van der Waals surface area contributed by atoms with Crippen LogP contribution in [0.5, 0.6) is 0 Å². The fourth-order valence-corrected chi connectivity index (χ4v) is 2.39. The van der Waals surface area contributed by atoms with E-state index in [1.54, 1.807) is 10.7 Å². The van der Waals surface area contributed by atoms with Gasteiger partial charge < -0.3 is 9.64 Å². The average Bonchev–Trinajstić information content (AvgIpc) is 2.71. The highest BCUT2D eigenvalue weighted by Gasteiger charge is 2.18. The van der Waals surface area contributed by atoms with E-state index in [-0.39, 0.29) is 6.10 Å². The number of ether oxygens (including phenoxy) is 1. The quantitative estimate of drug-likeness (QED) is 0.804. The van der Waals surface area contributed by atoms with Crippen LogP contribution < -0.4 is 4.90 Å². The lowest BCUT2D eigenvalue weighted by atomic mass is 10.3. The number of hydrogen-bond donors (Lipinski definition) is 0. The molecule has 0 N–H and O–H groups in total. The van der Waals surface area contributed by atoms with Gasteiger partial charge in [-0.15, -0.1) is 5.10 Å². The number of morpholine rings is 1. The Kier molecular flexibility index (Phi) is 2.76. The Hall–Kier alpha value is -1.14.